The van der Waals surface area contributed by atoms with Crippen molar-refractivity contribution in [1.82, 2.24) is 24.1 Å². The Bertz CT molecular complexity index is 1040. The number of hydrogen-bond donors (Lipinski definition) is 0. The maximum absolute atomic E-state index is 13.1. The summed E-state index contributed by atoms with van der Waals surface area (Å²) in [5.74, 6) is 1.34. The van der Waals surface area contributed by atoms with Crippen LogP contribution in [-0.2, 0) is 6.54 Å². The minimum absolute atomic E-state index is 0.0171. The number of likely N-dealkylation sites (tertiary alicyclic amines) is 1. The molecule has 1 saturated heterocycles. The van der Waals surface area contributed by atoms with E-state index in [1.807, 2.05) is 0 Å². The standard InChI is InChI=1S/C19H25N5OS/c1-12-13(2)26-18-15(12)17-21-23(11-10-22-8-4-3-5-9-22)19(25)24(17)16(20-18)14-6-7-14/h14H,3-11H2,1-2H3. The van der Waals surface area contributed by atoms with Crippen molar-refractivity contribution < 1.29 is 0 Å². The normalized spacial score (nSPS) is 19.0. The molecule has 3 aromatic rings. The third kappa shape index (κ3) is 2.60. The van der Waals surface area contributed by atoms with E-state index in [1.165, 1.54) is 29.7 Å². The monoisotopic (exact) mass is 371 g/mol. The van der Waals surface area contributed by atoms with Crippen LogP contribution in [0.3, 0.4) is 0 Å². The molecule has 1 aliphatic heterocycles. The molecule has 138 valence electrons. The van der Waals surface area contributed by atoms with Crippen molar-refractivity contribution >= 4 is 27.2 Å². The van der Waals surface area contributed by atoms with Gasteiger partial charge < -0.3 is 4.90 Å². The van der Waals surface area contributed by atoms with Crippen molar-refractivity contribution in [2.75, 3.05) is 19.6 Å². The van der Waals surface area contributed by atoms with E-state index in [-0.39, 0.29) is 5.69 Å². The largest absolute Gasteiger partial charge is 0.351 e. The number of thiophene rings is 1. The number of hydrogen-bond acceptors (Lipinski definition) is 5. The van der Waals surface area contributed by atoms with Crippen molar-refractivity contribution in [2.45, 2.75) is 58.4 Å². The van der Waals surface area contributed by atoms with Gasteiger partial charge in [0.05, 0.1) is 11.9 Å². The number of fused-ring (bicyclic) bond motifs is 3. The van der Waals surface area contributed by atoms with Crippen LogP contribution in [0.5, 0.6) is 0 Å². The molecule has 2 fully saturated rings. The first kappa shape index (κ1) is 16.4. The lowest BCUT2D eigenvalue weighted by Crippen LogP contribution is -2.35. The minimum Gasteiger partial charge on any atom is -0.301 e. The van der Waals surface area contributed by atoms with Crippen LogP contribution in [0.4, 0.5) is 0 Å². The summed E-state index contributed by atoms with van der Waals surface area (Å²) in [5, 5.41) is 5.84. The van der Waals surface area contributed by atoms with Crippen LogP contribution in [0.25, 0.3) is 15.9 Å². The molecular weight excluding hydrogens is 346 g/mol. The van der Waals surface area contributed by atoms with E-state index in [1.54, 1.807) is 20.4 Å². The highest BCUT2D eigenvalue weighted by atomic mass is 32.1. The molecule has 1 saturated carbocycles. The molecule has 0 bridgehead atoms. The second-order valence-electron chi connectivity index (χ2n) is 7.77. The number of rotatable bonds is 4. The van der Waals surface area contributed by atoms with E-state index < -0.39 is 0 Å². The van der Waals surface area contributed by atoms with Crippen LogP contribution in [0, 0.1) is 13.8 Å². The smallest absolute Gasteiger partial charge is 0.301 e. The molecule has 0 spiro atoms. The molecule has 0 amide bonds. The molecule has 1 aliphatic carbocycles. The van der Waals surface area contributed by atoms with Gasteiger partial charge in [0.2, 0.25) is 0 Å². The van der Waals surface area contributed by atoms with Gasteiger partial charge in [0.15, 0.2) is 5.65 Å². The number of piperidine rings is 1. The molecule has 0 N–H and O–H groups in total. The maximum Gasteiger partial charge on any atom is 0.351 e. The molecule has 0 unspecified atom stereocenters. The summed E-state index contributed by atoms with van der Waals surface area (Å²) in [7, 11) is 0. The summed E-state index contributed by atoms with van der Waals surface area (Å²) in [6, 6.07) is 0. The fourth-order valence-electron chi connectivity index (χ4n) is 4.06. The average Bonchev–Trinajstić information content (AvgIpc) is 3.39. The van der Waals surface area contributed by atoms with Crippen molar-refractivity contribution in [1.29, 1.82) is 0 Å². The Morgan fingerprint density at radius 1 is 1.12 bits per heavy atom. The highest BCUT2D eigenvalue weighted by Crippen LogP contribution is 2.41. The van der Waals surface area contributed by atoms with Gasteiger partial charge in [0.25, 0.3) is 0 Å². The van der Waals surface area contributed by atoms with Gasteiger partial charge >= 0.3 is 5.69 Å². The van der Waals surface area contributed by atoms with Gasteiger partial charge in [0.1, 0.15) is 10.7 Å². The molecule has 2 aliphatic rings. The van der Waals surface area contributed by atoms with Crippen molar-refractivity contribution in [3.63, 3.8) is 0 Å². The van der Waals surface area contributed by atoms with Crippen LogP contribution in [0.1, 0.15) is 54.3 Å². The van der Waals surface area contributed by atoms with E-state index in [0.717, 1.165) is 54.2 Å². The Hall–Kier alpha value is -1.73. The lowest BCUT2D eigenvalue weighted by Gasteiger charge is -2.25. The zero-order chi connectivity index (χ0) is 17.8. The molecule has 26 heavy (non-hydrogen) atoms. The van der Waals surface area contributed by atoms with Crippen LogP contribution >= 0.6 is 11.3 Å². The first-order valence-corrected chi connectivity index (χ1v) is 10.6. The highest BCUT2D eigenvalue weighted by molar-refractivity contribution is 7.18. The lowest BCUT2D eigenvalue weighted by atomic mass is 10.1. The van der Waals surface area contributed by atoms with Gasteiger partial charge in [-0.25, -0.2) is 18.9 Å². The fourth-order valence-corrected chi connectivity index (χ4v) is 5.09. The molecular formula is C19H25N5OS. The van der Waals surface area contributed by atoms with E-state index in [9.17, 15) is 4.79 Å². The molecule has 0 aromatic carbocycles. The van der Waals surface area contributed by atoms with Gasteiger partial charge in [-0.05, 0) is 58.2 Å². The van der Waals surface area contributed by atoms with E-state index in [2.05, 4.69) is 18.7 Å². The first-order valence-electron chi connectivity index (χ1n) is 9.75. The summed E-state index contributed by atoms with van der Waals surface area (Å²) in [6.45, 7) is 8.09. The van der Waals surface area contributed by atoms with Crippen LogP contribution < -0.4 is 5.69 Å². The molecule has 0 radical (unpaired) electrons. The molecule has 0 atom stereocenters. The number of nitrogens with zero attached hydrogens (tertiary/aromatic N) is 5. The second kappa shape index (κ2) is 6.16. The van der Waals surface area contributed by atoms with Crippen LogP contribution in [-0.4, -0.2) is 43.7 Å². The molecule has 7 heteroatoms. The minimum atomic E-state index is -0.0171. The Morgan fingerprint density at radius 2 is 1.88 bits per heavy atom. The zero-order valence-electron chi connectivity index (χ0n) is 15.5. The molecule has 4 heterocycles. The second-order valence-corrected chi connectivity index (χ2v) is 8.98. The zero-order valence-corrected chi connectivity index (χ0v) is 16.3. The summed E-state index contributed by atoms with van der Waals surface area (Å²) in [6.07, 6.45) is 6.12. The van der Waals surface area contributed by atoms with Gasteiger partial charge in [0, 0.05) is 17.3 Å². The van der Waals surface area contributed by atoms with Gasteiger partial charge in [-0.2, -0.15) is 0 Å². The number of aryl methyl sites for hydroxylation is 2. The van der Waals surface area contributed by atoms with Crippen LogP contribution in [0.15, 0.2) is 4.79 Å². The molecule has 3 aromatic heterocycles. The summed E-state index contributed by atoms with van der Waals surface area (Å²) < 4.78 is 3.47. The third-order valence-corrected chi connectivity index (χ3v) is 7.00. The first-order chi connectivity index (χ1) is 12.6. The fraction of sp³-hybridized carbons (Fsp3) is 0.632. The maximum atomic E-state index is 13.1. The summed E-state index contributed by atoms with van der Waals surface area (Å²) in [5.41, 5.74) is 2.00. The highest BCUT2D eigenvalue weighted by Gasteiger charge is 2.31. The lowest BCUT2D eigenvalue weighted by molar-refractivity contribution is 0.217. The van der Waals surface area contributed by atoms with E-state index in [0.29, 0.717) is 12.5 Å². The Labute approximate surface area is 156 Å². The molecule has 5 rings (SSSR count). The predicted molar refractivity (Wildman–Crippen MR) is 104 cm³/mol. The topological polar surface area (TPSA) is 55.4 Å². The van der Waals surface area contributed by atoms with E-state index >= 15 is 0 Å². The van der Waals surface area contributed by atoms with E-state index in [4.69, 9.17) is 10.1 Å². The number of aromatic nitrogens is 4. The Morgan fingerprint density at radius 3 is 2.62 bits per heavy atom. The third-order valence-electron chi connectivity index (χ3n) is 5.89. The van der Waals surface area contributed by atoms with Crippen molar-refractivity contribution in [3.05, 3.63) is 26.7 Å². The predicted octanol–water partition coefficient (Wildman–Crippen LogP) is 3.09. The summed E-state index contributed by atoms with van der Waals surface area (Å²) >= 11 is 1.72. The quantitative estimate of drug-likeness (QED) is 0.707. The van der Waals surface area contributed by atoms with Crippen LogP contribution in [0.2, 0.25) is 0 Å². The summed E-state index contributed by atoms with van der Waals surface area (Å²) in [4.78, 5) is 22.8. The Balaban J connectivity index is 1.61. The van der Waals surface area contributed by atoms with Crippen molar-refractivity contribution in [3.8, 4) is 0 Å². The Kier molecular flexibility index (Phi) is 3.90. The van der Waals surface area contributed by atoms with Gasteiger partial charge in [-0.3, -0.25) is 0 Å². The van der Waals surface area contributed by atoms with Gasteiger partial charge in [-0.15, -0.1) is 16.4 Å². The SMILES string of the molecule is Cc1sc2nc(C3CC3)n3c(=O)n(CCN4CCCCC4)nc3c2c1C. The van der Waals surface area contributed by atoms with Gasteiger partial charge in [-0.1, -0.05) is 6.42 Å². The molecule has 6 nitrogen and oxygen atoms in total. The average molecular weight is 372 g/mol. The van der Waals surface area contributed by atoms with Crippen molar-refractivity contribution in [2.24, 2.45) is 0 Å².